The van der Waals surface area contributed by atoms with Crippen molar-refractivity contribution in [2.75, 3.05) is 0 Å². The molecular weight excluding hydrogens is 278 g/mol. The van der Waals surface area contributed by atoms with Crippen LogP contribution >= 0.6 is 0 Å². The van der Waals surface area contributed by atoms with Gasteiger partial charge in [0.15, 0.2) is 11.6 Å². The highest BCUT2D eigenvalue weighted by Gasteiger charge is 2.10. The van der Waals surface area contributed by atoms with Crippen molar-refractivity contribution in [1.29, 1.82) is 0 Å². The zero-order valence-electron chi connectivity index (χ0n) is 12.8. The summed E-state index contributed by atoms with van der Waals surface area (Å²) in [5.74, 6) is 3.81. The van der Waals surface area contributed by atoms with Gasteiger partial charge in [-0.1, -0.05) is 61.1 Å². The number of unbranched alkanes of at least 4 members (excludes halogenated alkanes) is 1. The van der Waals surface area contributed by atoms with Gasteiger partial charge in [-0.05, 0) is 31.5 Å². The monoisotopic (exact) mass is 296 g/mol. The van der Waals surface area contributed by atoms with Crippen LogP contribution in [0.3, 0.4) is 0 Å². The van der Waals surface area contributed by atoms with Crippen LogP contribution in [0, 0.1) is 30.4 Å². The lowest BCUT2D eigenvalue weighted by Crippen LogP contribution is -1.93. The third-order valence-electron chi connectivity index (χ3n) is 3.26. The van der Waals surface area contributed by atoms with E-state index in [0.717, 1.165) is 24.0 Å². The Morgan fingerprint density at radius 3 is 2.36 bits per heavy atom. The van der Waals surface area contributed by atoms with Gasteiger partial charge >= 0.3 is 0 Å². The fraction of sp³-hybridized carbons (Fsp3) is 0.200. The van der Waals surface area contributed by atoms with Crippen LogP contribution in [0.1, 0.15) is 42.0 Å². The van der Waals surface area contributed by atoms with Crippen molar-refractivity contribution < 1.29 is 8.78 Å². The Balaban J connectivity index is 2.26. The Labute approximate surface area is 130 Å². The SMILES string of the molecule is CCCC=Cc1ccc(C#Cc2ccc(C)cc2)c(F)c1F. The number of allylic oxidation sites excluding steroid dienone is 1. The van der Waals surface area contributed by atoms with Gasteiger partial charge in [0.05, 0.1) is 5.56 Å². The molecule has 0 aliphatic heterocycles. The largest absolute Gasteiger partial charge is 0.203 e. The minimum Gasteiger partial charge on any atom is -0.203 e. The standard InChI is InChI=1S/C20H18F2/c1-3-4-5-6-17-13-14-18(20(22)19(17)21)12-11-16-9-7-15(2)8-10-16/h5-10,13-14H,3-4H2,1-2H3. The fourth-order valence-electron chi connectivity index (χ4n) is 1.94. The molecule has 2 aromatic rings. The molecule has 22 heavy (non-hydrogen) atoms. The van der Waals surface area contributed by atoms with Gasteiger partial charge in [0.25, 0.3) is 0 Å². The van der Waals surface area contributed by atoms with Crippen LogP contribution in [0.15, 0.2) is 42.5 Å². The molecule has 0 saturated carbocycles. The van der Waals surface area contributed by atoms with Gasteiger partial charge in [0, 0.05) is 11.1 Å². The predicted octanol–water partition coefficient (Wildman–Crippen LogP) is 5.49. The summed E-state index contributed by atoms with van der Waals surface area (Å²) in [5, 5.41) is 0. The fourth-order valence-corrected chi connectivity index (χ4v) is 1.94. The molecule has 112 valence electrons. The van der Waals surface area contributed by atoms with Crippen LogP contribution in [-0.4, -0.2) is 0 Å². The van der Waals surface area contributed by atoms with Gasteiger partial charge in [0.2, 0.25) is 0 Å². The van der Waals surface area contributed by atoms with E-state index in [4.69, 9.17) is 0 Å². The highest BCUT2D eigenvalue weighted by Crippen LogP contribution is 2.17. The molecule has 0 fully saturated rings. The Hall–Kier alpha value is -2.40. The molecule has 2 heteroatoms. The number of rotatable bonds is 3. The van der Waals surface area contributed by atoms with E-state index in [-0.39, 0.29) is 11.1 Å². The minimum absolute atomic E-state index is 0.0747. The molecule has 0 bridgehead atoms. The number of hydrogen-bond donors (Lipinski definition) is 0. The van der Waals surface area contributed by atoms with Gasteiger partial charge in [-0.3, -0.25) is 0 Å². The maximum absolute atomic E-state index is 14.0. The lowest BCUT2D eigenvalue weighted by molar-refractivity contribution is 0.505. The molecule has 0 radical (unpaired) electrons. The summed E-state index contributed by atoms with van der Waals surface area (Å²) in [6.45, 7) is 4.02. The van der Waals surface area contributed by atoms with Crippen molar-refractivity contribution in [2.45, 2.75) is 26.7 Å². The molecule has 0 unspecified atom stereocenters. The first-order valence-electron chi connectivity index (χ1n) is 7.35. The van der Waals surface area contributed by atoms with Gasteiger partial charge in [-0.25, -0.2) is 8.78 Å². The molecule has 0 nitrogen and oxygen atoms in total. The van der Waals surface area contributed by atoms with E-state index in [1.807, 2.05) is 44.2 Å². The van der Waals surface area contributed by atoms with Crippen molar-refractivity contribution >= 4 is 6.08 Å². The van der Waals surface area contributed by atoms with E-state index in [0.29, 0.717) is 0 Å². The maximum Gasteiger partial charge on any atom is 0.175 e. The molecular formula is C20H18F2. The molecule has 0 spiro atoms. The first-order valence-corrected chi connectivity index (χ1v) is 7.35. The summed E-state index contributed by atoms with van der Waals surface area (Å²) in [6.07, 6.45) is 5.27. The number of benzene rings is 2. The average molecular weight is 296 g/mol. The lowest BCUT2D eigenvalue weighted by atomic mass is 10.1. The zero-order valence-corrected chi connectivity index (χ0v) is 12.8. The maximum atomic E-state index is 14.0. The first kappa shape index (κ1) is 16.0. The van der Waals surface area contributed by atoms with Crippen molar-refractivity contribution in [3.8, 4) is 11.8 Å². The van der Waals surface area contributed by atoms with E-state index >= 15 is 0 Å². The predicted molar refractivity (Wildman–Crippen MR) is 87.5 cm³/mol. The van der Waals surface area contributed by atoms with Crippen LogP contribution in [0.4, 0.5) is 8.78 Å². The third-order valence-corrected chi connectivity index (χ3v) is 3.26. The van der Waals surface area contributed by atoms with Crippen LogP contribution in [0.2, 0.25) is 0 Å². The second-order valence-corrected chi connectivity index (χ2v) is 5.14. The van der Waals surface area contributed by atoms with E-state index in [1.165, 1.54) is 6.07 Å². The lowest BCUT2D eigenvalue weighted by Gasteiger charge is -2.01. The molecule has 0 aliphatic rings. The van der Waals surface area contributed by atoms with Crippen LogP contribution in [-0.2, 0) is 0 Å². The quantitative estimate of drug-likeness (QED) is 0.657. The van der Waals surface area contributed by atoms with Crippen molar-refractivity contribution in [3.05, 3.63) is 76.4 Å². The molecule has 0 aliphatic carbocycles. The van der Waals surface area contributed by atoms with Gasteiger partial charge in [0.1, 0.15) is 0 Å². The summed E-state index contributed by atoms with van der Waals surface area (Å²) >= 11 is 0. The smallest absolute Gasteiger partial charge is 0.175 e. The topological polar surface area (TPSA) is 0 Å². The average Bonchev–Trinajstić information content (AvgIpc) is 2.52. The summed E-state index contributed by atoms with van der Waals surface area (Å²) in [5.41, 5.74) is 2.24. The molecule has 0 aromatic heterocycles. The number of hydrogen-bond acceptors (Lipinski definition) is 0. The molecule has 2 rings (SSSR count). The summed E-state index contributed by atoms with van der Waals surface area (Å²) < 4.78 is 28.0. The number of aryl methyl sites for hydroxylation is 1. The Bertz CT molecular complexity index is 729. The van der Waals surface area contributed by atoms with Crippen LogP contribution in [0.25, 0.3) is 6.08 Å². The Morgan fingerprint density at radius 2 is 1.68 bits per heavy atom. The second kappa shape index (κ2) is 7.56. The summed E-state index contributed by atoms with van der Waals surface area (Å²) in [4.78, 5) is 0. The minimum atomic E-state index is -0.890. The van der Waals surface area contributed by atoms with Crippen molar-refractivity contribution in [1.82, 2.24) is 0 Å². The van der Waals surface area contributed by atoms with E-state index in [9.17, 15) is 8.78 Å². The molecule has 0 heterocycles. The van der Waals surface area contributed by atoms with E-state index in [1.54, 1.807) is 12.1 Å². The van der Waals surface area contributed by atoms with Gasteiger partial charge < -0.3 is 0 Å². The van der Waals surface area contributed by atoms with Gasteiger partial charge in [-0.2, -0.15) is 0 Å². The highest BCUT2D eigenvalue weighted by atomic mass is 19.2. The Morgan fingerprint density at radius 1 is 0.955 bits per heavy atom. The first-order chi connectivity index (χ1) is 10.6. The van der Waals surface area contributed by atoms with E-state index in [2.05, 4.69) is 11.8 Å². The molecule has 2 aromatic carbocycles. The Kier molecular flexibility index (Phi) is 5.49. The number of halogens is 2. The van der Waals surface area contributed by atoms with Crippen LogP contribution < -0.4 is 0 Å². The summed E-state index contributed by atoms with van der Waals surface area (Å²) in [7, 11) is 0. The zero-order chi connectivity index (χ0) is 15.9. The molecule has 0 saturated heterocycles. The highest BCUT2D eigenvalue weighted by molar-refractivity contribution is 5.54. The van der Waals surface area contributed by atoms with Crippen molar-refractivity contribution in [2.24, 2.45) is 0 Å². The van der Waals surface area contributed by atoms with Gasteiger partial charge in [-0.15, -0.1) is 0 Å². The molecule has 0 amide bonds. The normalized spacial score (nSPS) is 10.5. The van der Waals surface area contributed by atoms with E-state index < -0.39 is 11.6 Å². The molecule has 0 atom stereocenters. The summed E-state index contributed by atoms with van der Waals surface area (Å²) in [6, 6.07) is 10.7. The third kappa shape index (κ3) is 4.05. The second-order valence-electron chi connectivity index (χ2n) is 5.14. The molecule has 0 N–H and O–H groups in total. The van der Waals surface area contributed by atoms with Crippen LogP contribution in [0.5, 0.6) is 0 Å². The van der Waals surface area contributed by atoms with Crippen molar-refractivity contribution in [3.63, 3.8) is 0 Å².